The molecule has 0 aliphatic carbocycles. The van der Waals surface area contributed by atoms with Gasteiger partial charge in [0.15, 0.2) is 5.65 Å². The van der Waals surface area contributed by atoms with Gasteiger partial charge in [-0.1, -0.05) is 0 Å². The second-order valence-electron chi connectivity index (χ2n) is 3.94. The predicted molar refractivity (Wildman–Crippen MR) is 63.2 cm³/mol. The van der Waals surface area contributed by atoms with Crippen molar-refractivity contribution in [1.82, 2.24) is 19.7 Å². The topological polar surface area (TPSA) is 98.7 Å². The largest absolute Gasteiger partial charge is 0.370 e. The molecule has 0 fully saturated rings. The van der Waals surface area contributed by atoms with E-state index in [-0.39, 0.29) is 18.4 Å². The van der Waals surface area contributed by atoms with Crippen LogP contribution in [0.5, 0.6) is 0 Å². The van der Waals surface area contributed by atoms with Gasteiger partial charge >= 0.3 is 0 Å². The Morgan fingerprint density at radius 2 is 2.35 bits per heavy atom. The number of nitrogens with two attached hydrogens (primary N) is 1. The van der Waals surface area contributed by atoms with E-state index in [2.05, 4.69) is 20.4 Å². The Kier molecular flexibility index (Phi) is 2.90. The fourth-order valence-electron chi connectivity index (χ4n) is 1.66. The maximum absolute atomic E-state index is 10.8. The predicted octanol–water partition coefficient (Wildman–Crippen LogP) is 0.0391. The highest BCUT2D eigenvalue weighted by Gasteiger charge is 2.11. The third kappa shape index (κ3) is 2.32. The summed E-state index contributed by atoms with van der Waals surface area (Å²) in [6, 6.07) is -0.0780. The number of rotatable bonds is 4. The van der Waals surface area contributed by atoms with Crippen LogP contribution in [0, 0.1) is 0 Å². The summed E-state index contributed by atoms with van der Waals surface area (Å²) < 4.78 is 1.67. The molecule has 0 radical (unpaired) electrons. The molecule has 3 N–H and O–H groups in total. The second-order valence-corrected chi connectivity index (χ2v) is 3.94. The zero-order chi connectivity index (χ0) is 12.4. The zero-order valence-corrected chi connectivity index (χ0v) is 9.71. The van der Waals surface area contributed by atoms with Gasteiger partial charge in [0.05, 0.1) is 11.6 Å². The zero-order valence-electron chi connectivity index (χ0n) is 9.71. The molecule has 0 saturated heterocycles. The van der Waals surface area contributed by atoms with Crippen LogP contribution >= 0.6 is 0 Å². The molecule has 2 heterocycles. The van der Waals surface area contributed by atoms with Crippen LogP contribution < -0.4 is 11.1 Å². The molecule has 0 saturated carbocycles. The van der Waals surface area contributed by atoms with Gasteiger partial charge in [-0.15, -0.1) is 0 Å². The van der Waals surface area contributed by atoms with E-state index >= 15 is 0 Å². The molecular weight excluding hydrogens is 220 g/mol. The first kappa shape index (κ1) is 11.3. The van der Waals surface area contributed by atoms with Crippen LogP contribution in [-0.4, -0.2) is 31.7 Å². The summed E-state index contributed by atoms with van der Waals surface area (Å²) in [6.07, 6.45) is 3.41. The number of nitrogens with one attached hydrogen (secondary N) is 1. The number of nitrogens with zero attached hydrogens (tertiary/aromatic N) is 4. The number of fused-ring (bicyclic) bond motifs is 1. The lowest BCUT2D eigenvalue weighted by Gasteiger charge is -2.12. The molecule has 90 valence electrons. The summed E-state index contributed by atoms with van der Waals surface area (Å²) in [4.78, 5) is 19.1. The number of amides is 1. The Morgan fingerprint density at radius 1 is 1.59 bits per heavy atom. The highest BCUT2D eigenvalue weighted by molar-refractivity contribution is 5.86. The van der Waals surface area contributed by atoms with Crippen LogP contribution in [0.4, 0.5) is 5.82 Å². The molecule has 1 atom stereocenters. The van der Waals surface area contributed by atoms with Crippen molar-refractivity contribution in [3.63, 3.8) is 0 Å². The number of aryl methyl sites for hydroxylation is 1. The van der Waals surface area contributed by atoms with Crippen LogP contribution in [0.15, 0.2) is 12.5 Å². The molecule has 1 unspecified atom stereocenters. The van der Waals surface area contributed by atoms with E-state index < -0.39 is 0 Å². The first-order valence-corrected chi connectivity index (χ1v) is 5.25. The molecule has 2 rings (SSSR count). The molecule has 7 heteroatoms. The van der Waals surface area contributed by atoms with Crippen molar-refractivity contribution in [1.29, 1.82) is 0 Å². The fraction of sp³-hybridized carbons (Fsp3) is 0.400. The standard InChI is InChI=1S/C10H14N6O/c1-6(3-8(11)17)15-9-7-4-14-16(2)10(7)13-5-12-9/h4-6H,3H2,1-2H3,(H2,11,17)(H,12,13,15). The summed E-state index contributed by atoms with van der Waals surface area (Å²) in [7, 11) is 1.81. The van der Waals surface area contributed by atoms with Gasteiger partial charge in [-0.25, -0.2) is 9.97 Å². The van der Waals surface area contributed by atoms with E-state index in [4.69, 9.17) is 5.73 Å². The number of hydrogen-bond donors (Lipinski definition) is 2. The minimum Gasteiger partial charge on any atom is -0.370 e. The summed E-state index contributed by atoms with van der Waals surface area (Å²) in [5, 5.41) is 8.06. The van der Waals surface area contributed by atoms with E-state index in [1.165, 1.54) is 6.33 Å². The minimum atomic E-state index is -0.346. The van der Waals surface area contributed by atoms with Crippen LogP contribution in [0.25, 0.3) is 11.0 Å². The lowest BCUT2D eigenvalue weighted by Crippen LogP contribution is -2.24. The molecule has 0 aromatic carbocycles. The van der Waals surface area contributed by atoms with Crippen molar-refractivity contribution >= 4 is 22.8 Å². The van der Waals surface area contributed by atoms with Gasteiger partial charge in [0.1, 0.15) is 12.1 Å². The molecule has 2 aromatic heterocycles. The molecule has 2 aromatic rings. The molecule has 17 heavy (non-hydrogen) atoms. The average molecular weight is 234 g/mol. The van der Waals surface area contributed by atoms with Crippen LogP contribution in [0.3, 0.4) is 0 Å². The van der Waals surface area contributed by atoms with Gasteiger partial charge in [0, 0.05) is 19.5 Å². The first-order valence-electron chi connectivity index (χ1n) is 5.25. The average Bonchev–Trinajstić information content (AvgIpc) is 2.61. The van der Waals surface area contributed by atoms with Gasteiger partial charge in [0.2, 0.25) is 5.91 Å². The van der Waals surface area contributed by atoms with Crippen molar-refractivity contribution in [2.75, 3.05) is 5.32 Å². The Morgan fingerprint density at radius 3 is 3.06 bits per heavy atom. The van der Waals surface area contributed by atoms with E-state index in [9.17, 15) is 4.79 Å². The number of primary amides is 1. The molecule has 0 aliphatic heterocycles. The van der Waals surface area contributed by atoms with E-state index in [1.54, 1.807) is 10.9 Å². The Balaban J connectivity index is 2.27. The number of aromatic nitrogens is 4. The van der Waals surface area contributed by atoms with Crippen LogP contribution in [0.1, 0.15) is 13.3 Å². The van der Waals surface area contributed by atoms with Crippen molar-refractivity contribution in [3.05, 3.63) is 12.5 Å². The minimum absolute atomic E-state index is 0.0780. The molecule has 0 bridgehead atoms. The smallest absolute Gasteiger partial charge is 0.219 e. The summed E-state index contributed by atoms with van der Waals surface area (Å²) in [5.41, 5.74) is 5.88. The summed E-state index contributed by atoms with van der Waals surface area (Å²) in [6.45, 7) is 1.87. The molecular formula is C10H14N6O. The molecule has 1 amide bonds. The maximum atomic E-state index is 10.8. The van der Waals surface area contributed by atoms with Crippen LogP contribution in [-0.2, 0) is 11.8 Å². The molecule has 7 nitrogen and oxygen atoms in total. The molecule has 0 spiro atoms. The quantitative estimate of drug-likeness (QED) is 0.778. The lowest BCUT2D eigenvalue weighted by atomic mass is 10.2. The number of anilines is 1. The van der Waals surface area contributed by atoms with Crippen molar-refractivity contribution in [2.24, 2.45) is 12.8 Å². The van der Waals surface area contributed by atoms with Crippen molar-refractivity contribution < 1.29 is 4.79 Å². The highest BCUT2D eigenvalue weighted by atomic mass is 16.1. The maximum Gasteiger partial charge on any atom is 0.219 e. The Hall–Kier alpha value is -2.18. The third-order valence-corrected chi connectivity index (χ3v) is 2.42. The SMILES string of the molecule is CC(CC(N)=O)Nc1ncnc2c1cnn2C. The van der Waals surface area contributed by atoms with E-state index in [0.29, 0.717) is 5.82 Å². The normalized spacial score (nSPS) is 12.6. The Labute approximate surface area is 98.0 Å². The third-order valence-electron chi connectivity index (χ3n) is 2.42. The summed E-state index contributed by atoms with van der Waals surface area (Å²) >= 11 is 0. The number of carbonyl (C=O) groups is 1. The fourth-order valence-corrected chi connectivity index (χ4v) is 1.66. The number of carbonyl (C=O) groups excluding carboxylic acids is 1. The van der Waals surface area contributed by atoms with Gasteiger partial charge in [-0.3, -0.25) is 9.48 Å². The first-order chi connectivity index (χ1) is 8.08. The monoisotopic (exact) mass is 234 g/mol. The van der Waals surface area contributed by atoms with Crippen molar-refractivity contribution in [3.8, 4) is 0 Å². The van der Waals surface area contributed by atoms with Gasteiger partial charge in [0.25, 0.3) is 0 Å². The Bertz CT molecular complexity index is 549. The van der Waals surface area contributed by atoms with Gasteiger partial charge in [-0.05, 0) is 6.92 Å². The van der Waals surface area contributed by atoms with Gasteiger partial charge in [-0.2, -0.15) is 5.10 Å². The second kappa shape index (κ2) is 4.36. The summed E-state index contributed by atoms with van der Waals surface area (Å²) in [5.74, 6) is 0.318. The lowest BCUT2D eigenvalue weighted by molar-refractivity contribution is -0.118. The van der Waals surface area contributed by atoms with E-state index in [0.717, 1.165) is 11.0 Å². The molecule has 0 aliphatic rings. The number of hydrogen-bond acceptors (Lipinski definition) is 5. The van der Waals surface area contributed by atoms with Crippen molar-refractivity contribution in [2.45, 2.75) is 19.4 Å². The van der Waals surface area contributed by atoms with E-state index in [1.807, 2.05) is 14.0 Å². The highest BCUT2D eigenvalue weighted by Crippen LogP contribution is 2.18. The van der Waals surface area contributed by atoms with Gasteiger partial charge < -0.3 is 11.1 Å². The van der Waals surface area contributed by atoms with Crippen LogP contribution in [0.2, 0.25) is 0 Å².